The third-order valence-corrected chi connectivity index (χ3v) is 4.84. The molecule has 1 N–H and O–H groups in total. The average Bonchev–Trinajstić information content (AvgIpc) is 3.22. The third kappa shape index (κ3) is 3.89. The molecule has 1 atom stereocenters. The Kier molecular flexibility index (Phi) is 4.81. The summed E-state index contributed by atoms with van der Waals surface area (Å²) >= 11 is 0. The summed E-state index contributed by atoms with van der Waals surface area (Å²) in [6.07, 6.45) is -4.75. The number of hydrogen-bond donors (Lipinski definition) is 1. The number of alkyl halides is 3. The first-order valence-corrected chi connectivity index (χ1v) is 9.62. The molecule has 0 aliphatic carbocycles. The molecule has 0 amide bonds. The van der Waals surface area contributed by atoms with E-state index >= 15 is 0 Å². The lowest BCUT2D eigenvalue weighted by molar-refractivity contribution is -0.274. The van der Waals surface area contributed by atoms with E-state index in [4.69, 9.17) is 4.99 Å². The van der Waals surface area contributed by atoms with Gasteiger partial charge >= 0.3 is 6.36 Å². The van der Waals surface area contributed by atoms with E-state index in [2.05, 4.69) is 25.6 Å². The Labute approximate surface area is 180 Å². The highest BCUT2D eigenvalue weighted by Gasteiger charge is 2.32. The highest BCUT2D eigenvalue weighted by Crippen LogP contribution is 2.34. The van der Waals surface area contributed by atoms with Crippen molar-refractivity contribution in [3.63, 3.8) is 0 Å². The molecule has 160 valence electrons. The molecule has 0 fully saturated rings. The zero-order valence-electron chi connectivity index (χ0n) is 16.4. The van der Waals surface area contributed by atoms with Crippen molar-refractivity contribution in [2.24, 2.45) is 4.99 Å². The lowest BCUT2D eigenvalue weighted by Crippen LogP contribution is -2.24. The molecule has 0 spiro atoms. The number of benzene rings is 3. The van der Waals surface area contributed by atoms with Crippen molar-refractivity contribution in [3.8, 4) is 11.4 Å². The molecular formula is C22H15F3N6O. The number of rotatable bonds is 4. The minimum absolute atomic E-state index is 0.307. The van der Waals surface area contributed by atoms with Gasteiger partial charge in [0.2, 0.25) is 0 Å². The predicted octanol–water partition coefficient (Wildman–Crippen LogP) is 4.85. The first-order valence-electron chi connectivity index (χ1n) is 9.62. The molecule has 1 aliphatic rings. The molecule has 5 rings (SSSR count). The van der Waals surface area contributed by atoms with Crippen LogP contribution in [0.5, 0.6) is 5.75 Å². The Bertz CT molecular complexity index is 1270. The second kappa shape index (κ2) is 7.80. The molecule has 0 radical (unpaired) electrons. The number of anilines is 1. The fraction of sp³-hybridized carbons (Fsp3) is 0.0909. The number of ether oxygens (including phenoxy) is 1. The second-order valence-corrected chi connectivity index (χ2v) is 6.95. The van der Waals surface area contributed by atoms with Crippen LogP contribution in [0.3, 0.4) is 0 Å². The maximum absolute atomic E-state index is 12.5. The maximum atomic E-state index is 12.5. The number of nitrogens with one attached hydrogen (secondary N) is 1. The topological polar surface area (TPSA) is 77.2 Å². The van der Waals surface area contributed by atoms with Crippen LogP contribution in [-0.2, 0) is 0 Å². The average molecular weight is 436 g/mol. The number of aliphatic imine (C=N–C) groups is 1. The fourth-order valence-corrected chi connectivity index (χ4v) is 3.49. The number of fused-ring (bicyclic) bond motifs is 3. The van der Waals surface area contributed by atoms with Crippen LogP contribution in [-0.4, -0.2) is 32.3 Å². The molecule has 32 heavy (non-hydrogen) atoms. The summed E-state index contributed by atoms with van der Waals surface area (Å²) in [7, 11) is 0. The summed E-state index contributed by atoms with van der Waals surface area (Å²) in [4.78, 5) is 4.89. The van der Waals surface area contributed by atoms with Crippen molar-refractivity contribution >= 4 is 17.1 Å². The molecule has 4 aromatic rings. The molecule has 10 heteroatoms. The van der Waals surface area contributed by atoms with Gasteiger partial charge in [0.05, 0.1) is 17.1 Å². The van der Waals surface area contributed by atoms with Crippen molar-refractivity contribution in [3.05, 3.63) is 90.3 Å². The SMILES string of the molecule is FC(F)(F)Oc1ccc(NC2C(c3ccccc3)=Nc3ccccc3-n3nnnc32)cc1. The number of para-hydroxylation sites is 2. The largest absolute Gasteiger partial charge is 0.573 e. The Morgan fingerprint density at radius 1 is 0.875 bits per heavy atom. The molecule has 0 bridgehead atoms. The van der Waals surface area contributed by atoms with Crippen LogP contribution in [0.4, 0.5) is 24.5 Å². The highest BCUT2D eigenvalue weighted by atomic mass is 19.4. The summed E-state index contributed by atoms with van der Waals surface area (Å²) in [5.41, 5.74) is 3.49. The summed E-state index contributed by atoms with van der Waals surface area (Å²) in [5.74, 6) is 0.186. The molecule has 0 saturated heterocycles. The Balaban J connectivity index is 1.58. The predicted molar refractivity (Wildman–Crippen MR) is 111 cm³/mol. The third-order valence-electron chi connectivity index (χ3n) is 4.84. The minimum atomic E-state index is -4.75. The van der Waals surface area contributed by atoms with Gasteiger partial charge in [-0.15, -0.1) is 18.3 Å². The highest BCUT2D eigenvalue weighted by molar-refractivity contribution is 6.08. The lowest BCUT2D eigenvalue weighted by Gasteiger charge is -2.20. The van der Waals surface area contributed by atoms with Crippen LogP contribution in [0.15, 0.2) is 83.9 Å². The Hall–Kier alpha value is -4.21. The van der Waals surface area contributed by atoms with Gasteiger partial charge in [0.15, 0.2) is 5.82 Å². The van der Waals surface area contributed by atoms with Gasteiger partial charge in [-0.3, -0.25) is 0 Å². The van der Waals surface area contributed by atoms with Gasteiger partial charge in [0.25, 0.3) is 0 Å². The molecular weight excluding hydrogens is 421 g/mol. The summed E-state index contributed by atoms with van der Waals surface area (Å²) in [6, 6.07) is 21.9. The smallest absolute Gasteiger partial charge is 0.406 e. The Morgan fingerprint density at radius 3 is 2.34 bits per heavy atom. The van der Waals surface area contributed by atoms with Crippen LogP contribution in [0, 0.1) is 0 Å². The van der Waals surface area contributed by atoms with E-state index in [1.165, 1.54) is 24.3 Å². The first kappa shape index (κ1) is 19.7. The van der Waals surface area contributed by atoms with Crippen molar-refractivity contribution in [1.29, 1.82) is 0 Å². The van der Waals surface area contributed by atoms with Gasteiger partial charge in [-0.05, 0) is 52.4 Å². The first-order chi connectivity index (χ1) is 15.5. The van der Waals surface area contributed by atoms with Gasteiger partial charge < -0.3 is 10.1 Å². The van der Waals surface area contributed by atoms with Crippen molar-refractivity contribution in [2.75, 3.05) is 5.32 Å². The van der Waals surface area contributed by atoms with Crippen LogP contribution < -0.4 is 10.1 Å². The van der Waals surface area contributed by atoms with Gasteiger partial charge in [-0.1, -0.05) is 42.5 Å². The maximum Gasteiger partial charge on any atom is 0.573 e. The zero-order chi connectivity index (χ0) is 22.1. The van der Waals surface area contributed by atoms with Gasteiger partial charge in [0.1, 0.15) is 11.8 Å². The van der Waals surface area contributed by atoms with Gasteiger partial charge in [-0.2, -0.15) is 4.68 Å². The molecule has 0 saturated carbocycles. The Morgan fingerprint density at radius 2 is 1.59 bits per heavy atom. The van der Waals surface area contributed by atoms with Crippen molar-refractivity contribution in [1.82, 2.24) is 20.2 Å². The summed E-state index contributed by atoms with van der Waals surface area (Å²) in [5, 5.41) is 15.5. The molecule has 1 unspecified atom stereocenters. The molecule has 1 aromatic heterocycles. The van der Waals surface area contributed by atoms with Crippen molar-refractivity contribution < 1.29 is 17.9 Å². The lowest BCUT2D eigenvalue weighted by atomic mass is 10.0. The summed E-state index contributed by atoms with van der Waals surface area (Å²) < 4.78 is 43.0. The van der Waals surface area contributed by atoms with Crippen LogP contribution >= 0.6 is 0 Å². The van der Waals surface area contributed by atoms with Crippen LogP contribution in [0.2, 0.25) is 0 Å². The van der Waals surface area contributed by atoms with Crippen LogP contribution in [0.25, 0.3) is 5.69 Å². The number of nitrogens with zero attached hydrogens (tertiary/aromatic N) is 5. The van der Waals surface area contributed by atoms with Crippen LogP contribution in [0.1, 0.15) is 17.4 Å². The van der Waals surface area contributed by atoms with E-state index in [0.717, 1.165) is 11.3 Å². The quantitative estimate of drug-likeness (QED) is 0.495. The second-order valence-electron chi connectivity index (χ2n) is 6.95. The summed E-state index contributed by atoms with van der Waals surface area (Å²) in [6.45, 7) is 0. The van der Waals surface area contributed by atoms with E-state index in [-0.39, 0.29) is 5.75 Å². The van der Waals surface area contributed by atoms with Crippen molar-refractivity contribution in [2.45, 2.75) is 12.4 Å². The van der Waals surface area contributed by atoms with E-state index in [1.807, 2.05) is 54.6 Å². The monoisotopic (exact) mass is 436 g/mol. The number of halogens is 3. The normalized spacial score (nSPS) is 15.2. The number of hydrogen-bond acceptors (Lipinski definition) is 6. The minimum Gasteiger partial charge on any atom is -0.406 e. The molecule has 2 heterocycles. The fourth-order valence-electron chi connectivity index (χ4n) is 3.49. The van der Waals surface area contributed by atoms with E-state index in [1.54, 1.807) is 4.68 Å². The molecule has 3 aromatic carbocycles. The standard InChI is InChI=1S/C22H15F3N6O/c23-22(24,25)32-16-12-10-15(11-13-16)26-20-19(14-6-2-1-3-7-14)27-17-8-4-5-9-18(17)31-21(20)28-29-30-31/h1-13,20,26H. The van der Waals surface area contributed by atoms with E-state index in [0.29, 0.717) is 22.9 Å². The zero-order valence-corrected chi connectivity index (χ0v) is 16.4. The molecule has 7 nitrogen and oxygen atoms in total. The van der Waals surface area contributed by atoms with E-state index < -0.39 is 12.4 Å². The van der Waals surface area contributed by atoms with E-state index in [9.17, 15) is 13.2 Å². The molecule has 1 aliphatic heterocycles. The van der Waals surface area contributed by atoms with Gasteiger partial charge in [0, 0.05) is 5.69 Å². The number of aromatic nitrogens is 4. The number of tetrazole rings is 1. The van der Waals surface area contributed by atoms with Gasteiger partial charge in [-0.25, -0.2) is 4.99 Å².